The van der Waals surface area contributed by atoms with Crippen molar-refractivity contribution < 1.29 is 22.7 Å². The lowest BCUT2D eigenvalue weighted by molar-refractivity contribution is -0.154. The fraction of sp³-hybridized carbons (Fsp3) is 0.818. The zero-order valence-corrected chi connectivity index (χ0v) is 11.7. The molecule has 1 unspecified atom stereocenters. The van der Waals surface area contributed by atoms with Crippen LogP contribution in [0.1, 0.15) is 26.2 Å². The average Bonchev–Trinajstić information content (AvgIpc) is 2.35. The molecule has 1 rings (SSSR count). The van der Waals surface area contributed by atoms with E-state index in [1.165, 1.54) is 18.9 Å². The molecule has 1 saturated heterocycles. The summed E-state index contributed by atoms with van der Waals surface area (Å²) in [5, 5.41) is -1.12. The first kappa shape index (κ1) is 14.9. The molecular weight excluding hydrogens is 258 g/mol. The molecule has 1 aliphatic heterocycles. The third-order valence-electron chi connectivity index (χ3n) is 3.25. The summed E-state index contributed by atoms with van der Waals surface area (Å²) in [6, 6.07) is -0.652. The van der Waals surface area contributed by atoms with Crippen LogP contribution in [-0.4, -0.2) is 56.4 Å². The number of carbonyl (C=O) groups is 2. The Morgan fingerprint density at radius 2 is 1.94 bits per heavy atom. The Bertz CT molecular complexity index is 431. The normalized spacial score (nSPS) is 22.4. The van der Waals surface area contributed by atoms with Gasteiger partial charge in [0.1, 0.15) is 11.3 Å². The maximum atomic E-state index is 12.1. The van der Waals surface area contributed by atoms with Crippen LogP contribution in [0.4, 0.5) is 0 Å². The highest BCUT2D eigenvalue weighted by Crippen LogP contribution is 2.20. The number of nitrogens with zero attached hydrogens (tertiary/aromatic N) is 1. The second-order valence-electron chi connectivity index (χ2n) is 4.54. The third-order valence-corrected chi connectivity index (χ3v) is 4.74. The lowest BCUT2D eigenvalue weighted by Gasteiger charge is -2.35. The molecule has 0 bridgehead atoms. The Morgan fingerprint density at radius 1 is 1.33 bits per heavy atom. The maximum absolute atomic E-state index is 12.1. The Kier molecular flexibility index (Phi) is 4.72. The molecule has 1 fully saturated rings. The minimum absolute atomic E-state index is 0.401. The van der Waals surface area contributed by atoms with Crippen LogP contribution in [0.2, 0.25) is 0 Å². The number of carbonyl (C=O) groups excluding carboxylic acids is 2. The number of hydrogen-bond donors (Lipinski definition) is 0. The van der Waals surface area contributed by atoms with Crippen LogP contribution < -0.4 is 0 Å². The van der Waals surface area contributed by atoms with Crippen LogP contribution >= 0.6 is 0 Å². The number of hydrogen-bond acceptors (Lipinski definition) is 5. The highest BCUT2D eigenvalue weighted by Gasteiger charge is 2.37. The first-order chi connectivity index (χ1) is 8.29. The zero-order chi connectivity index (χ0) is 13.9. The molecule has 1 amide bonds. The molecule has 0 aromatic heterocycles. The minimum atomic E-state index is -3.45. The van der Waals surface area contributed by atoms with E-state index in [1.807, 2.05) is 0 Å². The smallest absolute Gasteiger partial charge is 0.328 e. The predicted octanol–water partition coefficient (Wildman–Crippen LogP) is -0.0264. The Morgan fingerprint density at radius 3 is 2.44 bits per heavy atom. The molecule has 18 heavy (non-hydrogen) atoms. The van der Waals surface area contributed by atoms with E-state index in [4.69, 9.17) is 0 Å². The van der Waals surface area contributed by atoms with Crippen molar-refractivity contribution in [3.63, 3.8) is 0 Å². The first-order valence-electron chi connectivity index (χ1n) is 5.86. The van der Waals surface area contributed by atoms with Gasteiger partial charge in [-0.3, -0.25) is 4.79 Å². The van der Waals surface area contributed by atoms with Crippen LogP contribution in [0.25, 0.3) is 0 Å². The van der Waals surface area contributed by atoms with Crippen molar-refractivity contribution in [1.29, 1.82) is 0 Å². The molecule has 0 N–H and O–H groups in total. The fourth-order valence-electron chi connectivity index (χ4n) is 1.99. The molecule has 0 aromatic carbocycles. The zero-order valence-electron chi connectivity index (χ0n) is 10.9. The van der Waals surface area contributed by atoms with Crippen LogP contribution in [0, 0.1) is 0 Å². The predicted molar refractivity (Wildman–Crippen MR) is 65.7 cm³/mol. The van der Waals surface area contributed by atoms with Gasteiger partial charge in [0, 0.05) is 12.8 Å². The Balaban J connectivity index is 2.91. The second-order valence-corrected chi connectivity index (χ2v) is 6.90. The summed E-state index contributed by atoms with van der Waals surface area (Å²) in [6.07, 6.45) is 3.15. The number of piperidine rings is 1. The van der Waals surface area contributed by atoms with E-state index in [0.29, 0.717) is 13.0 Å². The number of sulfone groups is 1. The quantitative estimate of drug-likeness (QED) is 0.677. The van der Waals surface area contributed by atoms with Crippen molar-refractivity contribution in [3.05, 3.63) is 0 Å². The van der Waals surface area contributed by atoms with Crippen molar-refractivity contribution in [1.82, 2.24) is 4.90 Å². The molecule has 0 saturated carbocycles. The molecule has 6 nitrogen and oxygen atoms in total. The molecular formula is C11H19NO5S. The number of amides is 1. The Hall–Kier alpha value is -1.11. The minimum Gasteiger partial charge on any atom is -0.467 e. The molecule has 1 aliphatic rings. The van der Waals surface area contributed by atoms with Crippen molar-refractivity contribution in [2.24, 2.45) is 0 Å². The molecule has 104 valence electrons. The summed E-state index contributed by atoms with van der Waals surface area (Å²) in [7, 11) is -2.19. The number of rotatable bonds is 3. The van der Waals surface area contributed by atoms with Gasteiger partial charge >= 0.3 is 5.97 Å². The monoisotopic (exact) mass is 277 g/mol. The molecule has 2 atom stereocenters. The third kappa shape index (κ3) is 3.22. The topological polar surface area (TPSA) is 80.8 Å². The van der Waals surface area contributed by atoms with Gasteiger partial charge in [0.05, 0.1) is 7.11 Å². The molecule has 0 radical (unpaired) electrons. The largest absolute Gasteiger partial charge is 0.467 e. The van der Waals surface area contributed by atoms with Gasteiger partial charge in [-0.15, -0.1) is 0 Å². The van der Waals surface area contributed by atoms with Crippen molar-refractivity contribution in [3.8, 4) is 0 Å². The number of esters is 1. The summed E-state index contributed by atoms with van der Waals surface area (Å²) >= 11 is 0. The number of likely N-dealkylation sites (tertiary alicyclic amines) is 1. The van der Waals surface area contributed by atoms with Crippen molar-refractivity contribution >= 4 is 21.7 Å². The van der Waals surface area contributed by atoms with E-state index < -0.39 is 33.0 Å². The molecule has 0 aliphatic carbocycles. The number of ether oxygens (including phenoxy) is 1. The highest BCUT2D eigenvalue weighted by molar-refractivity contribution is 7.92. The molecule has 1 heterocycles. The Labute approximate surface area is 107 Å². The molecule has 7 heteroatoms. The van der Waals surface area contributed by atoms with Gasteiger partial charge in [-0.1, -0.05) is 0 Å². The van der Waals surface area contributed by atoms with E-state index in [1.54, 1.807) is 0 Å². The van der Waals surface area contributed by atoms with Crippen LogP contribution in [-0.2, 0) is 24.2 Å². The van der Waals surface area contributed by atoms with Gasteiger partial charge in [-0.2, -0.15) is 0 Å². The van der Waals surface area contributed by atoms with Crippen LogP contribution in [0.3, 0.4) is 0 Å². The SMILES string of the molecule is COC(=O)[C@H]1CCCCN1C(=O)C(C)S(C)(=O)=O. The van der Waals surface area contributed by atoms with E-state index in [-0.39, 0.29) is 0 Å². The summed E-state index contributed by atoms with van der Waals surface area (Å²) < 4.78 is 27.4. The molecule has 0 spiro atoms. The van der Waals surface area contributed by atoms with E-state index in [0.717, 1.165) is 19.1 Å². The summed E-state index contributed by atoms with van der Waals surface area (Å²) in [6.45, 7) is 1.75. The number of methoxy groups -OCH3 is 1. The maximum Gasteiger partial charge on any atom is 0.328 e. The van der Waals surface area contributed by atoms with Crippen molar-refractivity contribution in [2.45, 2.75) is 37.5 Å². The first-order valence-corrected chi connectivity index (χ1v) is 7.81. The average molecular weight is 277 g/mol. The summed E-state index contributed by atoms with van der Waals surface area (Å²) in [4.78, 5) is 25.0. The van der Waals surface area contributed by atoms with Gasteiger partial charge in [-0.05, 0) is 26.2 Å². The van der Waals surface area contributed by atoms with Gasteiger partial charge < -0.3 is 9.64 Å². The molecule has 0 aromatic rings. The van der Waals surface area contributed by atoms with Gasteiger partial charge in [-0.25, -0.2) is 13.2 Å². The van der Waals surface area contributed by atoms with Crippen LogP contribution in [0.15, 0.2) is 0 Å². The van der Waals surface area contributed by atoms with Gasteiger partial charge in [0.25, 0.3) is 0 Å². The van der Waals surface area contributed by atoms with Crippen molar-refractivity contribution in [2.75, 3.05) is 19.9 Å². The fourth-order valence-corrected chi connectivity index (χ4v) is 2.49. The second kappa shape index (κ2) is 5.69. The standard InChI is InChI=1S/C11H19NO5S/c1-8(18(3,15)16)10(13)12-7-5-4-6-9(12)11(14)17-2/h8-9H,4-7H2,1-3H3/t8?,9-/m1/s1. The van der Waals surface area contributed by atoms with E-state index in [2.05, 4.69) is 4.74 Å². The highest BCUT2D eigenvalue weighted by atomic mass is 32.2. The summed E-state index contributed by atoms with van der Waals surface area (Å²) in [5.74, 6) is -1.00. The van der Waals surface area contributed by atoms with Crippen LogP contribution in [0.5, 0.6) is 0 Å². The van der Waals surface area contributed by atoms with Gasteiger partial charge in [0.2, 0.25) is 5.91 Å². The lowest BCUT2D eigenvalue weighted by atomic mass is 10.0. The summed E-state index contributed by atoms with van der Waals surface area (Å²) in [5.41, 5.74) is 0. The van der Waals surface area contributed by atoms with E-state index in [9.17, 15) is 18.0 Å². The van der Waals surface area contributed by atoms with Gasteiger partial charge in [0.15, 0.2) is 9.84 Å². The van der Waals surface area contributed by atoms with E-state index >= 15 is 0 Å². The lowest BCUT2D eigenvalue weighted by Crippen LogP contribution is -2.52.